The molecular formula is C14H22N2O2. The summed E-state index contributed by atoms with van der Waals surface area (Å²) in [6.45, 7) is 8.99. The van der Waals surface area contributed by atoms with Crippen LogP contribution < -0.4 is 11.1 Å². The van der Waals surface area contributed by atoms with Crippen molar-refractivity contribution < 1.29 is 9.90 Å². The summed E-state index contributed by atoms with van der Waals surface area (Å²) < 4.78 is 0. The molecule has 18 heavy (non-hydrogen) atoms. The fraction of sp³-hybridized carbons (Fsp3) is 0.500. The van der Waals surface area contributed by atoms with Crippen molar-refractivity contribution in [3.05, 3.63) is 28.8 Å². The number of anilines is 1. The molecule has 0 bridgehead atoms. The predicted molar refractivity (Wildman–Crippen MR) is 73.6 cm³/mol. The van der Waals surface area contributed by atoms with Gasteiger partial charge in [-0.2, -0.15) is 0 Å². The number of nitrogens with one attached hydrogen (secondary N) is 1. The molecule has 1 atom stereocenters. The maximum absolute atomic E-state index is 12.2. The van der Waals surface area contributed by atoms with Crippen LogP contribution in [0, 0.1) is 13.8 Å². The maximum Gasteiger partial charge on any atom is 0.252 e. The van der Waals surface area contributed by atoms with Crippen LogP contribution in [0.25, 0.3) is 0 Å². The van der Waals surface area contributed by atoms with Crippen LogP contribution in [-0.2, 0) is 0 Å². The van der Waals surface area contributed by atoms with Gasteiger partial charge in [-0.15, -0.1) is 0 Å². The van der Waals surface area contributed by atoms with Gasteiger partial charge in [0.15, 0.2) is 0 Å². The van der Waals surface area contributed by atoms with E-state index in [2.05, 4.69) is 5.32 Å². The molecule has 4 heteroatoms. The average Bonchev–Trinajstić information content (AvgIpc) is 2.22. The third kappa shape index (κ3) is 3.01. The third-order valence-corrected chi connectivity index (χ3v) is 3.34. The highest BCUT2D eigenvalue weighted by Crippen LogP contribution is 2.19. The molecule has 1 aromatic carbocycles. The molecule has 0 heterocycles. The molecule has 4 nitrogen and oxygen atoms in total. The summed E-state index contributed by atoms with van der Waals surface area (Å²) in [6, 6.07) is 3.57. The van der Waals surface area contributed by atoms with Crippen LogP contribution in [-0.4, -0.2) is 22.7 Å². The molecule has 0 radical (unpaired) electrons. The highest BCUT2D eigenvalue weighted by molar-refractivity contribution is 5.97. The van der Waals surface area contributed by atoms with E-state index in [0.29, 0.717) is 11.3 Å². The summed E-state index contributed by atoms with van der Waals surface area (Å²) in [5.41, 5.74) is 8.12. The maximum atomic E-state index is 12.2. The first-order valence-electron chi connectivity index (χ1n) is 6.02. The van der Waals surface area contributed by atoms with E-state index in [9.17, 15) is 9.90 Å². The van der Waals surface area contributed by atoms with Gasteiger partial charge >= 0.3 is 0 Å². The van der Waals surface area contributed by atoms with Crippen LogP contribution in [0.4, 0.5) is 5.69 Å². The lowest BCUT2D eigenvalue weighted by Crippen LogP contribution is -2.51. The minimum absolute atomic E-state index is 0.217. The zero-order chi connectivity index (χ0) is 14.1. The van der Waals surface area contributed by atoms with E-state index in [4.69, 9.17) is 5.73 Å². The number of hydrogen-bond donors (Lipinski definition) is 3. The monoisotopic (exact) mass is 250 g/mol. The van der Waals surface area contributed by atoms with E-state index in [1.165, 1.54) is 0 Å². The van der Waals surface area contributed by atoms with Crippen molar-refractivity contribution in [2.45, 2.75) is 46.3 Å². The van der Waals surface area contributed by atoms with Crippen molar-refractivity contribution >= 4 is 11.6 Å². The number of benzene rings is 1. The number of aliphatic hydroxyl groups is 1. The number of rotatable bonds is 3. The second kappa shape index (κ2) is 4.98. The number of nitrogen functional groups attached to an aromatic ring is 1. The Bertz CT molecular complexity index is 465. The van der Waals surface area contributed by atoms with E-state index >= 15 is 0 Å². The van der Waals surface area contributed by atoms with Gasteiger partial charge in [-0.05, 0) is 51.8 Å². The molecule has 0 aliphatic carbocycles. The van der Waals surface area contributed by atoms with Crippen molar-refractivity contribution in [3.63, 3.8) is 0 Å². The SMILES string of the molecule is Cc1cc(C)c(C(=O)NC(C)(C)C(C)O)cc1N. The summed E-state index contributed by atoms with van der Waals surface area (Å²) >= 11 is 0. The smallest absolute Gasteiger partial charge is 0.252 e. The minimum atomic E-state index is -0.677. The van der Waals surface area contributed by atoms with Gasteiger partial charge in [0.05, 0.1) is 11.6 Å². The number of carbonyl (C=O) groups excluding carboxylic acids is 1. The lowest BCUT2D eigenvalue weighted by molar-refractivity contribution is 0.0709. The Hall–Kier alpha value is -1.55. The van der Waals surface area contributed by atoms with Crippen molar-refractivity contribution in [2.24, 2.45) is 0 Å². The number of aliphatic hydroxyl groups excluding tert-OH is 1. The first kappa shape index (κ1) is 14.5. The Balaban J connectivity index is 3.02. The highest BCUT2D eigenvalue weighted by Gasteiger charge is 2.27. The Labute approximate surface area is 108 Å². The Kier molecular flexibility index (Phi) is 4.02. The normalized spacial score (nSPS) is 13.2. The van der Waals surface area contributed by atoms with Crippen molar-refractivity contribution in [3.8, 4) is 0 Å². The number of nitrogens with two attached hydrogens (primary N) is 1. The molecule has 0 spiro atoms. The molecule has 0 aliphatic heterocycles. The fourth-order valence-electron chi connectivity index (χ4n) is 1.58. The summed E-state index contributed by atoms with van der Waals surface area (Å²) in [7, 11) is 0. The van der Waals surface area contributed by atoms with Gasteiger partial charge in [-0.3, -0.25) is 4.79 Å². The van der Waals surface area contributed by atoms with E-state index < -0.39 is 11.6 Å². The third-order valence-electron chi connectivity index (χ3n) is 3.34. The molecule has 4 N–H and O–H groups in total. The number of aryl methyl sites for hydroxylation is 2. The molecule has 100 valence electrons. The van der Waals surface area contributed by atoms with Crippen LogP contribution in [0.15, 0.2) is 12.1 Å². The van der Waals surface area contributed by atoms with E-state index in [1.54, 1.807) is 26.8 Å². The second-order valence-corrected chi connectivity index (χ2v) is 5.38. The van der Waals surface area contributed by atoms with Gasteiger partial charge in [-0.1, -0.05) is 6.07 Å². The van der Waals surface area contributed by atoms with Gasteiger partial charge in [-0.25, -0.2) is 0 Å². The van der Waals surface area contributed by atoms with Gasteiger partial charge in [0.25, 0.3) is 5.91 Å². The molecular weight excluding hydrogens is 228 g/mol. The van der Waals surface area contributed by atoms with Gasteiger partial charge in [0.1, 0.15) is 0 Å². The first-order chi connectivity index (χ1) is 8.15. The topological polar surface area (TPSA) is 75.3 Å². The molecule has 1 rings (SSSR count). The van der Waals surface area contributed by atoms with E-state index in [1.807, 2.05) is 19.9 Å². The lowest BCUT2D eigenvalue weighted by Gasteiger charge is -2.29. The number of amides is 1. The van der Waals surface area contributed by atoms with E-state index in [0.717, 1.165) is 11.1 Å². The Morgan fingerprint density at radius 3 is 2.39 bits per heavy atom. The van der Waals surface area contributed by atoms with Gasteiger partial charge in [0, 0.05) is 11.3 Å². The average molecular weight is 250 g/mol. The van der Waals surface area contributed by atoms with Crippen molar-refractivity contribution in [1.82, 2.24) is 5.32 Å². The van der Waals surface area contributed by atoms with Crippen LogP contribution in [0.5, 0.6) is 0 Å². The van der Waals surface area contributed by atoms with Crippen LogP contribution in [0.1, 0.15) is 42.3 Å². The van der Waals surface area contributed by atoms with Crippen LogP contribution in [0.2, 0.25) is 0 Å². The van der Waals surface area contributed by atoms with Crippen LogP contribution >= 0.6 is 0 Å². The molecule has 0 aromatic heterocycles. The fourth-order valence-corrected chi connectivity index (χ4v) is 1.58. The molecule has 1 amide bonds. The molecule has 1 aromatic rings. The number of carbonyl (C=O) groups is 1. The largest absolute Gasteiger partial charge is 0.398 e. The Morgan fingerprint density at radius 1 is 1.33 bits per heavy atom. The summed E-state index contributed by atoms with van der Waals surface area (Å²) in [4.78, 5) is 12.2. The summed E-state index contributed by atoms with van der Waals surface area (Å²) in [5, 5.41) is 12.4. The standard InChI is InChI=1S/C14H22N2O2/c1-8-6-9(2)12(15)7-11(8)13(18)16-14(4,5)10(3)17/h6-7,10,17H,15H2,1-5H3,(H,16,18). The summed E-state index contributed by atoms with van der Waals surface area (Å²) in [5.74, 6) is -0.217. The summed E-state index contributed by atoms with van der Waals surface area (Å²) in [6.07, 6.45) is -0.635. The molecule has 1 unspecified atom stereocenters. The van der Waals surface area contributed by atoms with Gasteiger partial charge < -0.3 is 16.2 Å². The molecule has 0 saturated heterocycles. The zero-order valence-electron chi connectivity index (χ0n) is 11.7. The molecule has 0 aliphatic rings. The second-order valence-electron chi connectivity index (χ2n) is 5.38. The van der Waals surface area contributed by atoms with Crippen LogP contribution in [0.3, 0.4) is 0 Å². The number of hydrogen-bond acceptors (Lipinski definition) is 3. The molecule has 0 saturated carbocycles. The van der Waals surface area contributed by atoms with Crippen molar-refractivity contribution in [2.75, 3.05) is 5.73 Å². The highest BCUT2D eigenvalue weighted by atomic mass is 16.3. The quantitative estimate of drug-likeness (QED) is 0.716. The van der Waals surface area contributed by atoms with Gasteiger partial charge in [0.2, 0.25) is 0 Å². The zero-order valence-corrected chi connectivity index (χ0v) is 11.7. The lowest BCUT2D eigenvalue weighted by atomic mass is 9.97. The first-order valence-corrected chi connectivity index (χ1v) is 6.02. The minimum Gasteiger partial charge on any atom is -0.398 e. The van der Waals surface area contributed by atoms with Crippen molar-refractivity contribution in [1.29, 1.82) is 0 Å². The molecule has 0 fully saturated rings. The predicted octanol–water partition coefficient (Wildman–Crippen LogP) is 1.77. The Morgan fingerprint density at radius 2 is 1.89 bits per heavy atom. The van der Waals surface area contributed by atoms with E-state index in [-0.39, 0.29) is 5.91 Å².